The van der Waals surface area contributed by atoms with Crippen LogP contribution < -0.4 is 23.7 Å². The molecule has 0 saturated carbocycles. The molecule has 2 unspecified atom stereocenters. The van der Waals surface area contributed by atoms with E-state index in [0.29, 0.717) is 18.1 Å². The Bertz CT molecular complexity index is 1030. The topological polar surface area (TPSA) is 46.2 Å². The van der Waals surface area contributed by atoms with Gasteiger partial charge in [-0.15, -0.1) is 0 Å². The molecular formula is C24H25IO5. The summed E-state index contributed by atoms with van der Waals surface area (Å²) < 4.78 is 32.0. The molecule has 0 radical (unpaired) electrons. The molecule has 0 N–H and O–H groups in total. The normalized spacial score (nSPS) is 26.2. The number of rotatable bonds is 3. The summed E-state index contributed by atoms with van der Waals surface area (Å²) in [6.45, 7) is 4.90. The number of hydrogen-bond donors (Lipinski definition) is 0. The van der Waals surface area contributed by atoms with Crippen LogP contribution in [0.4, 0.5) is 0 Å². The molecule has 4 atom stereocenters. The maximum absolute atomic E-state index is 6.60. The first-order valence-corrected chi connectivity index (χ1v) is 11.4. The van der Waals surface area contributed by atoms with Crippen LogP contribution in [0.25, 0.3) is 0 Å². The molecule has 158 valence electrons. The Balaban J connectivity index is 1.55. The Kier molecular flexibility index (Phi) is 5.00. The van der Waals surface area contributed by atoms with Crippen LogP contribution in [-0.2, 0) is 6.42 Å². The van der Waals surface area contributed by atoms with Gasteiger partial charge in [0.1, 0.15) is 36.1 Å². The molecule has 0 aromatic heterocycles. The zero-order chi connectivity index (χ0) is 21.0. The first-order valence-electron chi connectivity index (χ1n) is 10.2. The molecule has 3 aliphatic heterocycles. The summed E-state index contributed by atoms with van der Waals surface area (Å²) in [6.07, 6.45) is 0.876. The van der Waals surface area contributed by atoms with Crippen molar-refractivity contribution in [2.75, 3.05) is 20.8 Å². The largest absolute Gasteiger partial charge is 0.493 e. The molecular weight excluding hydrogens is 495 g/mol. The van der Waals surface area contributed by atoms with E-state index in [4.69, 9.17) is 23.7 Å². The van der Waals surface area contributed by atoms with Crippen LogP contribution in [-0.4, -0.2) is 33.0 Å². The molecule has 0 fully saturated rings. The van der Waals surface area contributed by atoms with Crippen LogP contribution in [0.3, 0.4) is 0 Å². The molecule has 0 spiro atoms. The highest BCUT2D eigenvalue weighted by Gasteiger charge is 2.44. The quantitative estimate of drug-likeness (QED) is 0.509. The van der Waals surface area contributed by atoms with Crippen LogP contribution in [0.5, 0.6) is 28.7 Å². The van der Waals surface area contributed by atoms with Crippen molar-refractivity contribution >= 4 is 22.6 Å². The lowest BCUT2D eigenvalue weighted by Gasteiger charge is -2.42. The monoisotopic (exact) mass is 520 g/mol. The summed E-state index contributed by atoms with van der Waals surface area (Å²) in [5.74, 6) is 4.63. The number of benzene rings is 2. The highest BCUT2D eigenvalue weighted by atomic mass is 127. The van der Waals surface area contributed by atoms with Gasteiger partial charge in [0, 0.05) is 29.5 Å². The molecule has 0 amide bonds. The molecule has 5 nitrogen and oxygen atoms in total. The van der Waals surface area contributed by atoms with Crippen molar-refractivity contribution in [1.82, 2.24) is 0 Å². The van der Waals surface area contributed by atoms with E-state index in [9.17, 15) is 0 Å². The van der Waals surface area contributed by atoms with Gasteiger partial charge >= 0.3 is 0 Å². The third-order valence-electron chi connectivity index (χ3n) is 6.56. The minimum absolute atomic E-state index is 0.0511. The Morgan fingerprint density at radius 2 is 1.83 bits per heavy atom. The van der Waals surface area contributed by atoms with Crippen LogP contribution in [0, 0.1) is 0 Å². The summed E-state index contributed by atoms with van der Waals surface area (Å²) in [6, 6.07) is 8.23. The van der Waals surface area contributed by atoms with Crippen molar-refractivity contribution in [2.45, 2.75) is 44.3 Å². The van der Waals surface area contributed by atoms with E-state index in [1.165, 1.54) is 16.7 Å². The SMILES string of the molecule is COc1cc2c(cc1OC)[C@H]1C(CO2)Oc2c(ccc3c2C[C@H](/C(C)=C\I)O3)C1C. The number of ether oxygens (including phenoxy) is 5. The van der Waals surface area contributed by atoms with Crippen molar-refractivity contribution in [3.05, 3.63) is 50.6 Å². The van der Waals surface area contributed by atoms with Gasteiger partial charge in [0.2, 0.25) is 0 Å². The van der Waals surface area contributed by atoms with Gasteiger partial charge in [0.25, 0.3) is 0 Å². The molecule has 6 heteroatoms. The molecule has 3 heterocycles. The van der Waals surface area contributed by atoms with Crippen molar-refractivity contribution in [2.24, 2.45) is 0 Å². The first kappa shape index (κ1) is 19.8. The number of halogens is 1. The van der Waals surface area contributed by atoms with Gasteiger partial charge in [-0.3, -0.25) is 0 Å². The maximum atomic E-state index is 6.60. The van der Waals surface area contributed by atoms with Crippen molar-refractivity contribution in [3.8, 4) is 28.7 Å². The van der Waals surface area contributed by atoms with Crippen molar-refractivity contribution in [1.29, 1.82) is 0 Å². The van der Waals surface area contributed by atoms with Gasteiger partial charge in [0.05, 0.1) is 14.2 Å². The van der Waals surface area contributed by atoms with Crippen molar-refractivity contribution in [3.63, 3.8) is 0 Å². The molecule has 0 aliphatic carbocycles. The predicted octanol–water partition coefficient (Wildman–Crippen LogP) is 5.39. The van der Waals surface area contributed by atoms with E-state index < -0.39 is 0 Å². The zero-order valence-corrected chi connectivity index (χ0v) is 19.7. The third kappa shape index (κ3) is 2.94. The predicted molar refractivity (Wildman–Crippen MR) is 123 cm³/mol. The van der Waals surface area contributed by atoms with Crippen LogP contribution in [0.1, 0.15) is 42.4 Å². The second kappa shape index (κ2) is 7.55. The van der Waals surface area contributed by atoms with E-state index in [1.54, 1.807) is 14.2 Å². The second-order valence-electron chi connectivity index (χ2n) is 8.15. The van der Waals surface area contributed by atoms with Crippen LogP contribution in [0.15, 0.2) is 33.9 Å². The fourth-order valence-corrected chi connectivity index (χ4v) is 5.32. The molecule has 2 aromatic carbocycles. The zero-order valence-electron chi connectivity index (χ0n) is 17.5. The lowest BCUT2D eigenvalue weighted by atomic mass is 9.75. The molecule has 0 bridgehead atoms. The fourth-order valence-electron chi connectivity index (χ4n) is 4.91. The highest BCUT2D eigenvalue weighted by Crippen LogP contribution is 2.54. The lowest BCUT2D eigenvalue weighted by Crippen LogP contribution is -2.41. The van der Waals surface area contributed by atoms with E-state index in [0.717, 1.165) is 29.2 Å². The molecule has 2 aromatic rings. The fraction of sp³-hybridized carbons (Fsp3) is 0.417. The first-order chi connectivity index (χ1) is 14.5. The Labute approximate surface area is 190 Å². The Morgan fingerprint density at radius 1 is 1.07 bits per heavy atom. The molecule has 3 aliphatic rings. The van der Waals surface area contributed by atoms with Gasteiger partial charge in [-0.05, 0) is 40.2 Å². The van der Waals surface area contributed by atoms with Crippen LogP contribution in [0.2, 0.25) is 0 Å². The standard InChI is InChI=1S/C24H25IO5/c1-12(10-25)18-8-16-17(29-18)6-5-14-13(2)23-15-7-20(26-3)21(27-4)9-19(15)28-11-22(23)30-24(14)16/h5-7,9-10,13,18,22-23H,8,11H2,1-4H3/b12-10-/t13?,18-,22?,23+/m1/s1. The van der Waals surface area contributed by atoms with Crippen LogP contribution >= 0.6 is 22.6 Å². The molecule has 0 saturated heterocycles. The minimum atomic E-state index is -0.0511. The minimum Gasteiger partial charge on any atom is -0.493 e. The highest BCUT2D eigenvalue weighted by molar-refractivity contribution is 14.1. The van der Waals surface area contributed by atoms with Gasteiger partial charge in [-0.1, -0.05) is 35.6 Å². The average molecular weight is 520 g/mol. The van der Waals surface area contributed by atoms with Gasteiger partial charge in [-0.25, -0.2) is 0 Å². The number of methoxy groups -OCH3 is 2. The van der Waals surface area contributed by atoms with Gasteiger partial charge in [0.15, 0.2) is 11.5 Å². The molecule has 5 rings (SSSR count). The summed E-state index contributed by atoms with van der Waals surface area (Å²) in [5.41, 5.74) is 4.76. The Morgan fingerprint density at radius 3 is 2.57 bits per heavy atom. The lowest BCUT2D eigenvalue weighted by molar-refractivity contribution is 0.0625. The van der Waals surface area contributed by atoms with Crippen molar-refractivity contribution < 1.29 is 23.7 Å². The summed E-state index contributed by atoms with van der Waals surface area (Å²) in [5, 5.41) is 0. The van der Waals surface area contributed by atoms with E-state index in [-0.39, 0.29) is 24.0 Å². The van der Waals surface area contributed by atoms with Gasteiger partial charge < -0.3 is 23.7 Å². The Hall–Kier alpha value is -2.09. The van der Waals surface area contributed by atoms with E-state index in [2.05, 4.69) is 52.7 Å². The molecule has 30 heavy (non-hydrogen) atoms. The summed E-state index contributed by atoms with van der Waals surface area (Å²) in [7, 11) is 3.30. The smallest absolute Gasteiger partial charge is 0.164 e. The second-order valence-corrected chi connectivity index (χ2v) is 8.77. The summed E-state index contributed by atoms with van der Waals surface area (Å²) >= 11 is 2.28. The third-order valence-corrected chi connectivity index (χ3v) is 7.55. The van der Waals surface area contributed by atoms with Gasteiger partial charge in [-0.2, -0.15) is 0 Å². The summed E-state index contributed by atoms with van der Waals surface area (Å²) in [4.78, 5) is 0. The van der Waals surface area contributed by atoms with E-state index in [1.807, 2.05) is 12.1 Å². The maximum Gasteiger partial charge on any atom is 0.164 e. The number of fused-ring (bicyclic) bond motifs is 6. The van der Waals surface area contributed by atoms with E-state index >= 15 is 0 Å². The number of hydrogen-bond acceptors (Lipinski definition) is 5. The average Bonchev–Trinajstić information content (AvgIpc) is 3.22.